The summed E-state index contributed by atoms with van der Waals surface area (Å²) < 4.78 is 15.8. The molecule has 0 aliphatic heterocycles. The molecule has 0 aliphatic rings. The van der Waals surface area contributed by atoms with E-state index in [4.69, 9.17) is 25.5 Å². The number of methoxy groups -OCH3 is 1. The van der Waals surface area contributed by atoms with Crippen LogP contribution in [0.2, 0.25) is 5.02 Å². The van der Waals surface area contributed by atoms with Crippen LogP contribution in [0.15, 0.2) is 34.9 Å². The van der Waals surface area contributed by atoms with Gasteiger partial charge in [-0.15, -0.1) is 0 Å². The molecule has 0 radical (unpaired) electrons. The highest BCUT2D eigenvalue weighted by Crippen LogP contribution is 2.30. The van der Waals surface area contributed by atoms with E-state index in [1.807, 2.05) is 19.1 Å². The van der Waals surface area contributed by atoms with Gasteiger partial charge in [0.2, 0.25) is 0 Å². The molecule has 0 saturated carbocycles. The van der Waals surface area contributed by atoms with Crippen LogP contribution in [-0.4, -0.2) is 26.3 Å². The summed E-state index contributed by atoms with van der Waals surface area (Å²) in [6.45, 7) is 3.32. The predicted octanol–water partition coefficient (Wildman–Crippen LogP) is 3.98. The number of amides is 2. The molecular weight excluding hydrogens is 332 g/mol. The molecule has 2 N–H and O–H groups in total. The van der Waals surface area contributed by atoms with Crippen LogP contribution in [0.4, 0.5) is 10.5 Å². The second-order valence-electron chi connectivity index (χ2n) is 5.17. The van der Waals surface area contributed by atoms with Crippen LogP contribution < -0.4 is 15.4 Å². The van der Waals surface area contributed by atoms with Crippen LogP contribution in [0.25, 0.3) is 0 Å². The number of nitrogens with one attached hydrogen (secondary N) is 2. The molecule has 0 saturated heterocycles. The van der Waals surface area contributed by atoms with Gasteiger partial charge >= 0.3 is 6.03 Å². The molecule has 0 fully saturated rings. The zero-order chi connectivity index (χ0) is 17.4. The second-order valence-corrected chi connectivity index (χ2v) is 5.58. The number of carbonyl (C=O) groups excluding carboxylic acids is 1. The van der Waals surface area contributed by atoms with Crippen LogP contribution in [0.5, 0.6) is 5.75 Å². The zero-order valence-electron chi connectivity index (χ0n) is 13.7. The van der Waals surface area contributed by atoms with E-state index in [0.29, 0.717) is 42.6 Å². The highest BCUT2D eigenvalue weighted by atomic mass is 35.5. The number of halogens is 1. The molecule has 2 amide bonds. The highest BCUT2D eigenvalue weighted by Gasteiger charge is 2.09. The molecule has 0 unspecified atom stereocenters. The number of carbonyl (C=O) groups is 1. The fraction of sp³-hybridized carbons (Fsp3) is 0.353. The van der Waals surface area contributed by atoms with Crippen molar-refractivity contribution in [3.05, 3.63) is 46.9 Å². The summed E-state index contributed by atoms with van der Waals surface area (Å²) in [4.78, 5) is 11.9. The molecule has 0 aliphatic carbocycles. The molecule has 2 aromatic rings. The molecule has 130 valence electrons. The molecular formula is C17H21ClN2O4. The van der Waals surface area contributed by atoms with E-state index in [9.17, 15) is 4.79 Å². The third kappa shape index (κ3) is 5.47. The first-order valence-corrected chi connectivity index (χ1v) is 7.97. The summed E-state index contributed by atoms with van der Waals surface area (Å²) in [5.74, 6) is 1.30. The first-order valence-electron chi connectivity index (χ1n) is 7.59. The lowest BCUT2D eigenvalue weighted by Crippen LogP contribution is -2.30. The Hall–Kier alpha value is -2.18. The summed E-state index contributed by atoms with van der Waals surface area (Å²) in [5.41, 5.74) is 1.44. The minimum atomic E-state index is -0.305. The van der Waals surface area contributed by atoms with Crippen LogP contribution >= 0.6 is 11.6 Å². The van der Waals surface area contributed by atoms with Crippen LogP contribution in [0.3, 0.4) is 0 Å². The lowest BCUT2D eigenvalue weighted by Gasteiger charge is -2.13. The Labute approximate surface area is 146 Å². The molecule has 6 nitrogen and oxygen atoms in total. The van der Waals surface area contributed by atoms with Crippen LogP contribution in [0, 0.1) is 6.92 Å². The van der Waals surface area contributed by atoms with Crippen molar-refractivity contribution in [3.8, 4) is 5.75 Å². The molecule has 0 atom stereocenters. The number of hydrogen-bond acceptors (Lipinski definition) is 4. The van der Waals surface area contributed by atoms with Gasteiger partial charge in [0, 0.05) is 24.2 Å². The lowest BCUT2D eigenvalue weighted by molar-refractivity contribution is 0.104. The summed E-state index contributed by atoms with van der Waals surface area (Å²) in [7, 11) is 1.53. The number of hydrogen-bond donors (Lipinski definition) is 2. The van der Waals surface area contributed by atoms with Gasteiger partial charge in [0.25, 0.3) is 0 Å². The minimum Gasteiger partial charge on any atom is -0.495 e. The quantitative estimate of drug-likeness (QED) is 0.705. The summed E-state index contributed by atoms with van der Waals surface area (Å²) in [6, 6.07) is 6.81. The van der Waals surface area contributed by atoms with E-state index >= 15 is 0 Å². The Morgan fingerprint density at radius 3 is 2.92 bits per heavy atom. The van der Waals surface area contributed by atoms with Gasteiger partial charge in [-0.05, 0) is 37.1 Å². The molecule has 1 heterocycles. The van der Waals surface area contributed by atoms with E-state index in [1.54, 1.807) is 18.4 Å². The van der Waals surface area contributed by atoms with Gasteiger partial charge in [0.1, 0.15) is 18.1 Å². The van der Waals surface area contributed by atoms with Gasteiger partial charge in [-0.2, -0.15) is 0 Å². The number of furan rings is 1. The molecule has 1 aromatic heterocycles. The largest absolute Gasteiger partial charge is 0.495 e. The first-order chi connectivity index (χ1) is 11.6. The smallest absolute Gasteiger partial charge is 0.319 e. The van der Waals surface area contributed by atoms with E-state index < -0.39 is 0 Å². The zero-order valence-corrected chi connectivity index (χ0v) is 14.5. The molecule has 1 aromatic carbocycles. The van der Waals surface area contributed by atoms with Gasteiger partial charge in [-0.25, -0.2) is 4.79 Å². The van der Waals surface area contributed by atoms with Gasteiger partial charge in [-0.1, -0.05) is 11.6 Å². The standard InChI is InChI=1S/C17H21ClN2O4/c1-12-9-15(16(22-2)10-14(12)18)20-17(21)19-6-4-7-23-11-13-5-3-8-24-13/h3,5,8-10H,4,6-7,11H2,1-2H3,(H2,19,20,21). The number of benzene rings is 1. The number of urea groups is 1. The van der Waals surface area contributed by atoms with Crippen molar-refractivity contribution in [1.29, 1.82) is 0 Å². The Morgan fingerprint density at radius 2 is 2.21 bits per heavy atom. The van der Waals surface area contributed by atoms with E-state index in [2.05, 4.69) is 10.6 Å². The topological polar surface area (TPSA) is 72.7 Å². The number of aryl methyl sites for hydroxylation is 1. The van der Waals surface area contributed by atoms with Gasteiger partial charge in [-0.3, -0.25) is 0 Å². The Bertz CT molecular complexity index is 659. The maximum Gasteiger partial charge on any atom is 0.319 e. The first kappa shape index (κ1) is 18.2. The molecule has 0 spiro atoms. The van der Waals surface area contributed by atoms with Crippen molar-refractivity contribution in [2.75, 3.05) is 25.6 Å². The van der Waals surface area contributed by atoms with E-state index in [0.717, 1.165) is 11.3 Å². The van der Waals surface area contributed by atoms with Crippen molar-refractivity contribution in [2.24, 2.45) is 0 Å². The predicted molar refractivity (Wildman–Crippen MR) is 92.7 cm³/mol. The maximum absolute atomic E-state index is 11.9. The van der Waals surface area contributed by atoms with Crippen LogP contribution in [-0.2, 0) is 11.3 Å². The van der Waals surface area contributed by atoms with Crippen molar-refractivity contribution in [3.63, 3.8) is 0 Å². The van der Waals surface area contributed by atoms with Crippen molar-refractivity contribution in [2.45, 2.75) is 20.0 Å². The van der Waals surface area contributed by atoms with Gasteiger partial charge < -0.3 is 24.5 Å². The van der Waals surface area contributed by atoms with Crippen molar-refractivity contribution >= 4 is 23.3 Å². The molecule has 24 heavy (non-hydrogen) atoms. The minimum absolute atomic E-state index is 0.305. The Balaban J connectivity index is 1.69. The maximum atomic E-state index is 11.9. The number of ether oxygens (including phenoxy) is 2. The highest BCUT2D eigenvalue weighted by molar-refractivity contribution is 6.31. The third-order valence-electron chi connectivity index (χ3n) is 3.30. The number of rotatable bonds is 8. The van der Waals surface area contributed by atoms with Crippen molar-refractivity contribution in [1.82, 2.24) is 5.32 Å². The SMILES string of the molecule is COc1cc(Cl)c(C)cc1NC(=O)NCCCOCc1ccco1. The van der Waals surface area contributed by atoms with Gasteiger partial charge in [0.15, 0.2) is 0 Å². The normalized spacial score (nSPS) is 10.5. The Morgan fingerprint density at radius 1 is 1.38 bits per heavy atom. The molecule has 7 heteroatoms. The van der Waals surface area contributed by atoms with E-state index in [1.165, 1.54) is 7.11 Å². The summed E-state index contributed by atoms with van der Waals surface area (Å²) >= 11 is 6.04. The average molecular weight is 353 g/mol. The summed E-state index contributed by atoms with van der Waals surface area (Å²) in [6.07, 6.45) is 2.31. The molecule has 2 rings (SSSR count). The average Bonchev–Trinajstić information content (AvgIpc) is 3.07. The monoisotopic (exact) mass is 352 g/mol. The number of anilines is 1. The van der Waals surface area contributed by atoms with E-state index in [-0.39, 0.29) is 6.03 Å². The third-order valence-corrected chi connectivity index (χ3v) is 3.71. The second kappa shape index (κ2) is 9.20. The van der Waals surface area contributed by atoms with Gasteiger partial charge in [0.05, 0.1) is 19.1 Å². The van der Waals surface area contributed by atoms with Crippen molar-refractivity contribution < 1.29 is 18.7 Å². The van der Waals surface area contributed by atoms with Crippen LogP contribution in [0.1, 0.15) is 17.7 Å². The fourth-order valence-electron chi connectivity index (χ4n) is 2.04. The Kier molecular flexibility index (Phi) is 6.96. The molecule has 0 bridgehead atoms. The lowest BCUT2D eigenvalue weighted by atomic mass is 10.2. The fourth-order valence-corrected chi connectivity index (χ4v) is 2.19. The summed E-state index contributed by atoms with van der Waals surface area (Å²) in [5, 5.41) is 6.11.